The summed E-state index contributed by atoms with van der Waals surface area (Å²) in [6.07, 6.45) is 3.44. The molecule has 0 aliphatic rings. The van der Waals surface area contributed by atoms with Gasteiger partial charge in [0.25, 0.3) is 11.7 Å². The topological polar surface area (TPSA) is 72.2 Å². The van der Waals surface area contributed by atoms with Crippen LogP contribution in [0.15, 0.2) is 75.3 Å². The van der Waals surface area contributed by atoms with Crippen LogP contribution in [-0.4, -0.2) is 25.5 Å². The minimum absolute atomic E-state index is 0.152. The van der Waals surface area contributed by atoms with Gasteiger partial charge in [-0.15, -0.1) is 0 Å². The third kappa shape index (κ3) is 4.49. The molecule has 4 rings (SSSR count). The van der Waals surface area contributed by atoms with Crippen molar-refractivity contribution in [3.8, 4) is 0 Å². The molecule has 0 aliphatic heterocycles. The Hall–Kier alpha value is -2.71. The molecule has 0 aliphatic carbocycles. The van der Waals surface area contributed by atoms with Gasteiger partial charge in [0.05, 0.1) is 5.56 Å². The highest BCUT2D eigenvalue weighted by Crippen LogP contribution is 2.29. The van der Waals surface area contributed by atoms with Crippen LogP contribution < -0.4 is 5.32 Å². The Kier molecular flexibility index (Phi) is 5.92. The minimum Gasteiger partial charge on any atom is -0.322 e. The fraction of sp³-hybridized carbons (Fsp3) is 0.143. The molecule has 6 nitrogen and oxygen atoms in total. The Morgan fingerprint density at radius 2 is 1.97 bits per heavy atom. The van der Waals surface area contributed by atoms with E-state index >= 15 is 0 Å². The zero-order valence-corrected chi connectivity index (χ0v) is 18.1. The van der Waals surface area contributed by atoms with Gasteiger partial charge in [0.1, 0.15) is 11.4 Å². The summed E-state index contributed by atoms with van der Waals surface area (Å²) in [4.78, 5) is 22.2. The highest BCUT2D eigenvalue weighted by Gasteiger charge is 2.11. The molecular weight excluding hydrogens is 450 g/mol. The van der Waals surface area contributed by atoms with E-state index in [9.17, 15) is 4.79 Å². The molecule has 0 spiro atoms. The molecule has 0 saturated heterocycles. The van der Waals surface area contributed by atoms with Crippen molar-refractivity contribution in [3.05, 3.63) is 76.7 Å². The first-order valence-corrected chi connectivity index (χ1v) is 10.8. The van der Waals surface area contributed by atoms with Crippen molar-refractivity contribution < 1.29 is 4.79 Å². The van der Waals surface area contributed by atoms with E-state index in [1.165, 1.54) is 6.33 Å². The Morgan fingerprint density at radius 3 is 2.72 bits per heavy atom. The molecular formula is C21H18BrN5OS. The number of carbonyl (C=O) groups is 1. The van der Waals surface area contributed by atoms with Crippen LogP contribution in [0.1, 0.15) is 29.4 Å². The quantitative estimate of drug-likeness (QED) is 0.392. The van der Waals surface area contributed by atoms with Gasteiger partial charge < -0.3 is 5.32 Å². The van der Waals surface area contributed by atoms with Crippen molar-refractivity contribution in [2.24, 2.45) is 0 Å². The summed E-state index contributed by atoms with van der Waals surface area (Å²) < 4.78 is 2.51. The summed E-state index contributed by atoms with van der Waals surface area (Å²) in [5.41, 5.74) is 2.34. The predicted octanol–water partition coefficient (Wildman–Crippen LogP) is 5.24. The number of rotatable bonds is 6. The predicted molar refractivity (Wildman–Crippen MR) is 117 cm³/mol. The van der Waals surface area contributed by atoms with Gasteiger partial charge in [-0.05, 0) is 64.8 Å². The molecule has 0 atom stereocenters. The molecule has 0 unspecified atom stereocenters. The zero-order chi connectivity index (χ0) is 20.2. The summed E-state index contributed by atoms with van der Waals surface area (Å²) in [5, 5.41) is 8.16. The summed E-state index contributed by atoms with van der Waals surface area (Å²) in [7, 11) is 0. The lowest BCUT2D eigenvalue weighted by Crippen LogP contribution is -2.12. The molecule has 1 N–H and O–H groups in total. The van der Waals surface area contributed by atoms with Crippen molar-refractivity contribution >= 4 is 45.1 Å². The fourth-order valence-electron chi connectivity index (χ4n) is 2.86. The van der Waals surface area contributed by atoms with E-state index in [2.05, 4.69) is 49.3 Å². The number of aryl methyl sites for hydroxylation is 1. The largest absolute Gasteiger partial charge is 0.322 e. The monoisotopic (exact) mass is 467 g/mol. The van der Waals surface area contributed by atoms with Gasteiger partial charge in [-0.1, -0.05) is 37.2 Å². The molecule has 2 aromatic heterocycles. The lowest BCUT2D eigenvalue weighted by molar-refractivity contribution is 0.102. The van der Waals surface area contributed by atoms with Crippen molar-refractivity contribution in [1.82, 2.24) is 19.6 Å². The number of amides is 1. The highest BCUT2D eigenvalue weighted by molar-refractivity contribution is 9.10. The molecule has 146 valence electrons. The van der Waals surface area contributed by atoms with Gasteiger partial charge in [0.2, 0.25) is 0 Å². The van der Waals surface area contributed by atoms with Gasteiger partial charge in [0, 0.05) is 20.7 Å². The van der Waals surface area contributed by atoms with Crippen LogP contribution in [-0.2, 0) is 6.42 Å². The van der Waals surface area contributed by atoms with Gasteiger partial charge in [0.15, 0.2) is 0 Å². The molecule has 29 heavy (non-hydrogen) atoms. The third-order valence-electron chi connectivity index (χ3n) is 4.23. The number of halogens is 1. The summed E-state index contributed by atoms with van der Waals surface area (Å²) >= 11 is 5.00. The number of hydrogen-bond donors (Lipinski definition) is 1. The lowest BCUT2D eigenvalue weighted by atomic mass is 10.2. The number of carbonyl (C=O) groups excluding carboxylic acids is 1. The lowest BCUT2D eigenvalue weighted by Gasteiger charge is -2.09. The highest BCUT2D eigenvalue weighted by atomic mass is 79.9. The maximum absolute atomic E-state index is 12.5. The van der Waals surface area contributed by atoms with Crippen LogP contribution in [0.4, 0.5) is 5.69 Å². The van der Waals surface area contributed by atoms with Gasteiger partial charge >= 0.3 is 0 Å². The fourth-order valence-corrected chi connectivity index (χ4v) is 4.25. The van der Waals surface area contributed by atoms with Gasteiger partial charge in [-0.3, -0.25) is 4.79 Å². The average molecular weight is 468 g/mol. The van der Waals surface area contributed by atoms with E-state index in [-0.39, 0.29) is 5.91 Å². The van der Waals surface area contributed by atoms with Crippen molar-refractivity contribution in [2.75, 3.05) is 5.32 Å². The van der Waals surface area contributed by atoms with Crippen molar-refractivity contribution in [2.45, 2.75) is 29.7 Å². The van der Waals surface area contributed by atoms with E-state index in [4.69, 9.17) is 0 Å². The minimum atomic E-state index is -0.152. The number of anilines is 1. The Morgan fingerprint density at radius 1 is 1.17 bits per heavy atom. The maximum atomic E-state index is 12.5. The number of fused-ring (bicyclic) bond motifs is 1. The maximum Gasteiger partial charge on any atom is 0.256 e. The van der Waals surface area contributed by atoms with Crippen molar-refractivity contribution in [1.29, 1.82) is 0 Å². The Balaban J connectivity index is 1.52. The molecule has 1 amide bonds. The molecule has 2 aromatic carbocycles. The van der Waals surface area contributed by atoms with E-state index < -0.39 is 0 Å². The molecule has 4 aromatic rings. The first-order valence-electron chi connectivity index (χ1n) is 9.17. The second-order valence-corrected chi connectivity index (χ2v) is 8.32. The molecule has 2 heterocycles. The molecule has 0 radical (unpaired) electrons. The molecule has 8 heteroatoms. The standard InChI is InChI=1S/C21H18BrN5OS/c1-2-5-15-12-19(27-21(26-15)23-13-24-27)29-16-10-8-14(9-11-16)25-20(28)17-6-3-4-7-18(17)22/h3-4,6-13H,2,5H2,1H3,(H,25,28). The molecule has 0 bridgehead atoms. The van der Waals surface area contributed by atoms with Crippen LogP contribution in [0.2, 0.25) is 0 Å². The van der Waals surface area contributed by atoms with Crippen LogP contribution >= 0.6 is 27.7 Å². The van der Waals surface area contributed by atoms with Crippen molar-refractivity contribution in [3.63, 3.8) is 0 Å². The van der Waals surface area contributed by atoms with E-state index in [1.54, 1.807) is 22.3 Å². The smallest absolute Gasteiger partial charge is 0.256 e. The summed E-state index contributed by atoms with van der Waals surface area (Å²) in [6, 6.07) is 17.1. The van der Waals surface area contributed by atoms with Crippen LogP contribution in [0.5, 0.6) is 0 Å². The van der Waals surface area contributed by atoms with E-state index in [0.717, 1.165) is 38.6 Å². The van der Waals surface area contributed by atoms with Crippen LogP contribution in [0.25, 0.3) is 5.78 Å². The summed E-state index contributed by atoms with van der Waals surface area (Å²) in [5.74, 6) is 0.455. The van der Waals surface area contributed by atoms with Gasteiger partial charge in [-0.25, -0.2) is 4.98 Å². The normalized spacial score (nSPS) is 11.0. The second kappa shape index (κ2) is 8.75. The number of nitrogens with one attached hydrogen (secondary N) is 1. The second-order valence-electron chi connectivity index (χ2n) is 6.37. The van der Waals surface area contributed by atoms with E-state index in [0.29, 0.717) is 11.3 Å². The number of benzene rings is 2. The first kappa shape index (κ1) is 19.6. The number of aromatic nitrogens is 4. The Bertz CT molecular complexity index is 1160. The van der Waals surface area contributed by atoms with Crippen LogP contribution in [0, 0.1) is 0 Å². The van der Waals surface area contributed by atoms with Crippen LogP contribution in [0.3, 0.4) is 0 Å². The zero-order valence-electron chi connectivity index (χ0n) is 15.7. The number of nitrogens with zero attached hydrogens (tertiary/aromatic N) is 4. The third-order valence-corrected chi connectivity index (χ3v) is 5.93. The Labute approximate surface area is 180 Å². The molecule has 0 fully saturated rings. The molecule has 0 saturated carbocycles. The number of hydrogen-bond acceptors (Lipinski definition) is 5. The summed E-state index contributed by atoms with van der Waals surface area (Å²) in [6.45, 7) is 2.13. The van der Waals surface area contributed by atoms with Gasteiger partial charge in [-0.2, -0.15) is 14.6 Å². The first-order chi connectivity index (χ1) is 14.1. The average Bonchev–Trinajstić information content (AvgIpc) is 3.19. The van der Waals surface area contributed by atoms with E-state index in [1.807, 2.05) is 42.5 Å². The SMILES string of the molecule is CCCc1cc(Sc2ccc(NC(=O)c3ccccc3Br)cc2)n2ncnc2n1.